The van der Waals surface area contributed by atoms with Crippen molar-refractivity contribution in [2.24, 2.45) is 0 Å². The van der Waals surface area contributed by atoms with Crippen molar-refractivity contribution in [1.29, 1.82) is 0 Å². The van der Waals surface area contributed by atoms with Gasteiger partial charge >= 0.3 is 0 Å². The highest BCUT2D eigenvalue weighted by atomic mass is 16.5. The summed E-state index contributed by atoms with van der Waals surface area (Å²) in [7, 11) is 1.67. The third kappa shape index (κ3) is 3.91. The number of benzene rings is 2. The van der Waals surface area contributed by atoms with Crippen LogP contribution in [0.2, 0.25) is 0 Å². The molecule has 0 spiro atoms. The lowest BCUT2D eigenvalue weighted by Gasteiger charge is -2.32. The van der Waals surface area contributed by atoms with Crippen molar-refractivity contribution in [2.45, 2.75) is 13.0 Å². The fourth-order valence-corrected chi connectivity index (χ4v) is 3.59. The van der Waals surface area contributed by atoms with E-state index in [-0.39, 0.29) is 0 Å². The van der Waals surface area contributed by atoms with Crippen molar-refractivity contribution in [2.75, 3.05) is 33.4 Å². The van der Waals surface area contributed by atoms with E-state index in [0.29, 0.717) is 6.04 Å². The highest BCUT2D eigenvalue weighted by molar-refractivity contribution is 5.68. The molecular weight excluding hydrogens is 350 g/mol. The number of hydrogen-bond donors (Lipinski definition) is 0. The predicted octanol–water partition coefficient (Wildman–Crippen LogP) is 4.21. The second-order valence-electron chi connectivity index (χ2n) is 6.95. The molecule has 1 fully saturated rings. The average molecular weight is 375 g/mol. The zero-order chi connectivity index (χ0) is 19.3. The molecule has 0 saturated carbocycles. The maximum Gasteiger partial charge on any atom is 0.128 e. The van der Waals surface area contributed by atoms with Crippen LogP contribution in [0.4, 0.5) is 0 Å². The first-order valence-electron chi connectivity index (χ1n) is 9.65. The van der Waals surface area contributed by atoms with Crippen LogP contribution < -0.4 is 4.74 Å². The molecule has 28 heavy (non-hydrogen) atoms. The maximum atomic E-state index is 5.45. The highest BCUT2D eigenvalue weighted by Crippen LogP contribution is 2.29. The van der Waals surface area contributed by atoms with E-state index in [0.717, 1.165) is 54.6 Å². The summed E-state index contributed by atoms with van der Waals surface area (Å²) in [5.41, 5.74) is 4.99. The molecule has 1 atom stereocenters. The molecule has 2 aromatic carbocycles. The monoisotopic (exact) mass is 375 g/mol. The standard InChI is InChI=1S/C23H25N3O2/c1-17(26-13-15-28-16-14-26)18-7-9-19(10-8-18)21-11-12-22(25-24-21)20-5-3-4-6-23(20)27-2/h3-12,17H,13-16H2,1-2H3. The summed E-state index contributed by atoms with van der Waals surface area (Å²) in [6.45, 7) is 5.85. The van der Waals surface area contributed by atoms with Gasteiger partial charge in [-0.1, -0.05) is 36.4 Å². The third-order valence-corrected chi connectivity index (χ3v) is 5.33. The summed E-state index contributed by atoms with van der Waals surface area (Å²) in [4.78, 5) is 2.46. The van der Waals surface area contributed by atoms with Gasteiger partial charge < -0.3 is 9.47 Å². The molecule has 0 N–H and O–H groups in total. The Labute approximate surface area is 165 Å². The van der Waals surface area contributed by atoms with E-state index in [1.807, 2.05) is 36.4 Å². The Morgan fingerprint density at radius 1 is 0.893 bits per heavy atom. The van der Waals surface area contributed by atoms with Crippen LogP contribution >= 0.6 is 0 Å². The molecule has 5 nitrogen and oxygen atoms in total. The quantitative estimate of drug-likeness (QED) is 0.668. The fraction of sp³-hybridized carbons (Fsp3) is 0.304. The maximum absolute atomic E-state index is 5.45. The molecule has 1 aliphatic rings. The Morgan fingerprint density at radius 2 is 1.57 bits per heavy atom. The van der Waals surface area contributed by atoms with Gasteiger partial charge in [-0.25, -0.2) is 0 Å². The van der Waals surface area contributed by atoms with Gasteiger partial charge in [0.2, 0.25) is 0 Å². The van der Waals surface area contributed by atoms with Crippen LogP contribution in [-0.4, -0.2) is 48.5 Å². The Balaban J connectivity index is 1.51. The van der Waals surface area contributed by atoms with Gasteiger partial charge in [0.15, 0.2) is 0 Å². The lowest BCUT2D eigenvalue weighted by Crippen LogP contribution is -2.37. The van der Waals surface area contributed by atoms with Gasteiger partial charge in [0.05, 0.1) is 31.7 Å². The number of para-hydroxylation sites is 1. The van der Waals surface area contributed by atoms with E-state index in [2.05, 4.69) is 46.3 Å². The number of morpholine rings is 1. The summed E-state index contributed by atoms with van der Waals surface area (Å²) in [6.07, 6.45) is 0. The van der Waals surface area contributed by atoms with Crippen LogP contribution in [0.1, 0.15) is 18.5 Å². The van der Waals surface area contributed by atoms with Crippen LogP contribution in [0.5, 0.6) is 5.75 Å². The summed E-state index contributed by atoms with van der Waals surface area (Å²) < 4.78 is 10.9. The first kappa shape index (κ1) is 18.6. The molecule has 4 rings (SSSR count). The molecule has 0 radical (unpaired) electrons. The predicted molar refractivity (Wildman–Crippen MR) is 110 cm³/mol. The lowest BCUT2D eigenvalue weighted by molar-refractivity contribution is 0.0198. The molecule has 2 heterocycles. The minimum absolute atomic E-state index is 0.386. The normalized spacial score (nSPS) is 15.9. The highest BCUT2D eigenvalue weighted by Gasteiger charge is 2.18. The number of methoxy groups -OCH3 is 1. The van der Waals surface area contributed by atoms with E-state index in [1.54, 1.807) is 7.11 Å². The molecule has 1 aliphatic heterocycles. The van der Waals surface area contributed by atoms with Crippen molar-refractivity contribution in [3.63, 3.8) is 0 Å². The van der Waals surface area contributed by atoms with Crippen LogP contribution in [0.15, 0.2) is 60.7 Å². The largest absolute Gasteiger partial charge is 0.496 e. The van der Waals surface area contributed by atoms with Crippen molar-refractivity contribution in [3.05, 3.63) is 66.2 Å². The van der Waals surface area contributed by atoms with Crippen LogP contribution in [0, 0.1) is 0 Å². The molecule has 0 amide bonds. The Hall–Kier alpha value is -2.76. The molecule has 0 aliphatic carbocycles. The minimum Gasteiger partial charge on any atom is -0.496 e. The molecule has 1 saturated heterocycles. The number of aromatic nitrogens is 2. The van der Waals surface area contributed by atoms with Gasteiger partial charge in [-0.15, -0.1) is 10.2 Å². The van der Waals surface area contributed by atoms with Crippen molar-refractivity contribution < 1.29 is 9.47 Å². The summed E-state index contributed by atoms with van der Waals surface area (Å²) in [5, 5.41) is 8.85. The molecule has 1 aromatic heterocycles. The lowest BCUT2D eigenvalue weighted by atomic mass is 10.0. The summed E-state index contributed by atoms with van der Waals surface area (Å²) in [6, 6.07) is 20.8. The van der Waals surface area contributed by atoms with Crippen LogP contribution in [0.3, 0.4) is 0 Å². The van der Waals surface area contributed by atoms with Gasteiger partial charge in [-0.05, 0) is 36.8 Å². The van der Waals surface area contributed by atoms with E-state index >= 15 is 0 Å². The summed E-state index contributed by atoms with van der Waals surface area (Å²) >= 11 is 0. The molecular formula is C23H25N3O2. The molecule has 1 unspecified atom stereocenters. The van der Waals surface area contributed by atoms with E-state index in [1.165, 1.54) is 5.56 Å². The van der Waals surface area contributed by atoms with Gasteiger partial charge in [-0.2, -0.15) is 0 Å². The molecule has 3 aromatic rings. The van der Waals surface area contributed by atoms with Gasteiger partial charge in [0, 0.05) is 30.3 Å². The van der Waals surface area contributed by atoms with Crippen LogP contribution in [-0.2, 0) is 4.74 Å². The smallest absolute Gasteiger partial charge is 0.128 e. The zero-order valence-electron chi connectivity index (χ0n) is 16.3. The third-order valence-electron chi connectivity index (χ3n) is 5.33. The van der Waals surface area contributed by atoms with E-state index in [4.69, 9.17) is 9.47 Å². The second-order valence-corrected chi connectivity index (χ2v) is 6.95. The molecule has 144 valence electrons. The minimum atomic E-state index is 0.386. The fourth-order valence-electron chi connectivity index (χ4n) is 3.59. The van der Waals surface area contributed by atoms with Gasteiger partial charge in [0.1, 0.15) is 5.75 Å². The number of ether oxygens (including phenoxy) is 2. The topological polar surface area (TPSA) is 47.5 Å². The van der Waals surface area contributed by atoms with Crippen molar-refractivity contribution in [3.8, 4) is 28.3 Å². The van der Waals surface area contributed by atoms with Gasteiger partial charge in [0.25, 0.3) is 0 Å². The van der Waals surface area contributed by atoms with E-state index in [9.17, 15) is 0 Å². The van der Waals surface area contributed by atoms with Crippen molar-refractivity contribution >= 4 is 0 Å². The SMILES string of the molecule is COc1ccccc1-c1ccc(-c2ccc(C(C)N3CCOCC3)cc2)nn1. The summed E-state index contributed by atoms with van der Waals surface area (Å²) in [5.74, 6) is 0.797. The first-order valence-corrected chi connectivity index (χ1v) is 9.65. The van der Waals surface area contributed by atoms with Crippen LogP contribution in [0.25, 0.3) is 22.5 Å². The van der Waals surface area contributed by atoms with Crippen molar-refractivity contribution in [1.82, 2.24) is 15.1 Å². The zero-order valence-corrected chi connectivity index (χ0v) is 16.3. The van der Waals surface area contributed by atoms with E-state index < -0.39 is 0 Å². The Bertz CT molecular complexity index is 904. The Morgan fingerprint density at radius 3 is 2.25 bits per heavy atom. The number of hydrogen-bond acceptors (Lipinski definition) is 5. The number of nitrogens with zero attached hydrogens (tertiary/aromatic N) is 3. The Kier molecular flexibility index (Phi) is 5.65. The molecule has 0 bridgehead atoms. The number of rotatable bonds is 5. The first-order chi connectivity index (χ1) is 13.8. The van der Waals surface area contributed by atoms with Gasteiger partial charge in [-0.3, -0.25) is 4.90 Å². The molecule has 5 heteroatoms. The second kappa shape index (κ2) is 8.50. The average Bonchev–Trinajstić information content (AvgIpc) is 2.79.